The summed E-state index contributed by atoms with van der Waals surface area (Å²) >= 11 is 6.20. The molecule has 0 spiro atoms. The number of aromatic nitrogens is 2. The van der Waals surface area contributed by atoms with Gasteiger partial charge in [-0.05, 0) is 63.1 Å². The Morgan fingerprint density at radius 1 is 1.13 bits per heavy atom. The van der Waals surface area contributed by atoms with E-state index in [4.69, 9.17) is 11.6 Å². The number of benzene rings is 1. The number of amides is 1. The number of sulfonamides is 1. The Bertz CT molecular complexity index is 1230. The van der Waals surface area contributed by atoms with E-state index in [1.807, 2.05) is 30.5 Å². The highest BCUT2D eigenvalue weighted by molar-refractivity contribution is 7.89. The van der Waals surface area contributed by atoms with Crippen LogP contribution >= 0.6 is 11.6 Å². The largest absolute Gasteiger partial charge is 0.322 e. The zero-order valence-corrected chi connectivity index (χ0v) is 18.9. The van der Waals surface area contributed by atoms with Gasteiger partial charge in [-0.25, -0.2) is 8.42 Å². The number of carbonyl (C=O) groups is 1. The summed E-state index contributed by atoms with van der Waals surface area (Å²) in [6.07, 6.45) is 5.09. The second-order valence-corrected chi connectivity index (χ2v) is 9.86. The molecule has 2 aromatic heterocycles. The predicted molar refractivity (Wildman–Crippen MR) is 120 cm³/mol. The van der Waals surface area contributed by atoms with Crippen molar-refractivity contribution in [2.24, 2.45) is 0 Å². The first-order valence-electron chi connectivity index (χ1n) is 9.99. The predicted octanol–water partition coefficient (Wildman–Crippen LogP) is 4.18. The molecule has 1 amide bonds. The number of nitrogens with one attached hydrogen (secondary N) is 1. The van der Waals surface area contributed by atoms with E-state index in [1.165, 1.54) is 16.4 Å². The molecule has 31 heavy (non-hydrogen) atoms. The Morgan fingerprint density at radius 2 is 1.87 bits per heavy atom. The summed E-state index contributed by atoms with van der Waals surface area (Å²) in [7, 11) is -3.70. The molecular weight excluding hydrogens is 436 g/mol. The Balaban J connectivity index is 1.63. The van der Waals surface area contributed by atoms with Crippen LogP contribution in [0.1, 0.15) is 34.6 Å². The van der Waals surface area contributed by atoms with Crippen molar-refractivity contribution in [3.63, 3.8) is 0 Å². The Labute approximate surface area is 186 Å². The van der Waals surface area contributed by atoms with Crippen LogP contribution in [-0.2, 0) is 10.0 Å². The number of hydrogen-bond donors (Lipinski definition) is 1. The fourth-order valence-electron chi connectivity index (χ4n) is 3.92. The Morgan fingerprint density at radius 3 is 2.55 bits per heavy atom. The van der Waals surface area contributed by atoms with Crippen molar-refractivity contribution < 1.29 is 13.2 Å². The number of nitrogens with zero attached hydrogens (tertiary/aromatic N) is 3. The number of halogens is 1. The molecule has 1 fully saturated rings. The number of carbonyl (C=O) groups excluding carboxylic acids is 1. The van der Waals surface area contributed by atoms with Crippen molar-refractivity contribution in [1.29, 1.82) is 0 Å². The first-order valence-corrected chi connectivity index (χ1v) is 11.8. The molecule has 1 aliphatic rings. The molecule has 0 radical (unpaired) electrons. The van der Waals surface area contributed by atoms with Crippen molar-refractivity contribution in [2.45, 2.75) is 31.6 Å². The van der Waals surface area contributed by atoms with E-state index in [0.717, 1.165) is 29.9 Å². The standard InChI is InChI=1S/C22H23ClN4O3S/c1-15-12-19(16(2)27(15)18-6-5-9-24-14-18)22(28)25-17-7-8-20(23)21(13-17)31(29,30)26-10-3-4-11-26/h5-9,12-14H,3-4,10-11H2,1-2H3,(H,25,28). The van der Waals surface area contributed by atoms with Crippen LogP contribution in [0.4, 0.5) is 5.69 Å². The monoisotopic (exact) mass is 458 g/mol. The summed E-state index contributed by atoms with van der Waals surface area (Å²) in [5, 5.41) is 2.95. The fraction of sp³-hybridized carbons (Fsp3) is 0.273. The van der Waals surface area contributed by atoms with E-state index in [9.17, 15) is 13.2 Å². The van der Waals surface area contributed by atoms with Crippen LogP contribution in [0.5, 0.6) is 0 Å². The first-order chi connectivity index (χ1) is 14.8. The third-order valence-corrected chi connectivity index (χ3v) is 7.83. The van der Waals surface area contributed by atoms with Crippen molar-refractivity contribution in [2.75, 3.05) is 18.4 Å². The van der Waals surface area contributed by atoms with Gasteiger partial charge in [0.05, 0.1) is 22.5 Å². The lowest BCUT2D eigenvalue weighted by atomic mass is 10.2. The van der Waals surface area contributed by atoms with Crippen LogP contribution in [0, 0.1) is 13.8 Å². The number of anilines is 1. The Kier molecular flexibility index (Phi) is 5.88. The second-order valence-electron chi connectivity index (χ2n) is 7.54. The van der Waals surface area contributed by atoms with E-state index in [-0.39, 0.29) is 15.8 Å². The van der Waals surface area contributed by atoms with Gasteiger partial charge in [-0.1, -0.05) is 11.6 Å². The van der Waals surface area contributed by atoms with Gasteiger partial charge in [0.1, 0.15) is 4.90 Å². The van der Waals surface area contributed by atoms with Gasteiger partial charge < -0.3 is 9.88 Å². The highest BCUT2D eigenvalue weighted by atomic mass is 35.5. The lowest BCUT2D eigenvalue weighted by Gasteiger charge is -2.17. The van der Waals surface area contributed by atoms with E-state index < -0.39 is 10.0 Å². The van der Waals surface area contributed by atoms with Crippen molar-refractivity contribution in [1.82, 2.24) is 13.9 Å². The van der Waals surface area contributed by atoms with Crippen molar-refractivity contribution in [3.8, 4) is 5.69 Å². The number of pyridine rings is 1. The zero-order chi connectivity index (χ0) is 22.2. The highest BCUT2D eigenvalue weighted by Gasteiger charge is 2.29. The van der Waals surface area contributed by atoms with Gasteiger partial charge in [-0.3, -0.25) is 9.78 Å². The van der Waals surface area contributed by atoms with E-state index in [1.54, 1.807) is 24.5 Å². The number of rotatable bonds is 5. The quantitative estimate of drug-likeness (QED) is 0.621. The lowest BCUT2D eigenvalue weighted by molar-refractivity contribution is 0.102. The van der Waals surface area contributed by atoms with E-state index in [2.05, 4.69) is 10.3 Å². The maximum absolute atomic E-state index is 13.0. The molecule has 3 heterocycles. The molecule has 1 aromatic carbocycles. The van der Waals surface area contributed by atoms with Crippen LogP contribution in [-0.4, -0.2) is 41.3 Å². The topological polar surface area (TPSA) is 84.3 Å². The molecule has 0 bridgehead atoms. The SMILES string of the molecule is Cc1cc(C(=O)Nc2ccc(Cl)c(S(=O)(=O)N3CCCC3)c2)c(C)n1-c1cccnc1. The highest BCUT2D eigenvalue weighted by Crippen LogP contribution is 2.30. The third-order valence-electron chi connectivity index (χ3n) is 5.45. The summed E-state index contributed by atoms with van der Waals surface area (Å²) in [4.78, 5) is 17.2. The third kappa shape index (κ3) is 4.11. The maximum Gasteiger partial charge on any atom is 0.257 e. The van der Waals surface area contributed by atoms with E-state index >= 15 is 0 Å². The van der Waals surface area contributed by atoms with Crippen molar-refractivity contribution in [3.05, 3.63) is 70.8 Å². The van der Waals surface area contributed by atoms with E-state index in [0.29, 0.717) is 24.3 Å². The normalized spacial score (nSPS) is 14.7. The molecule has 7 nitrogen and oxygen atoms in total. The number of aryl methyl sites for hydroxylation is 1. The second kappa shape index (κ2) is 8.45. The van der Waals surface area contributed by atoms with Crippen LogP contribution in [0.3, 0.4) is 0 Å². The minimum absolute atomic E-state index is 0.00898. The zero-order valence-electron chi connectivity index (χ0n) is 17.3. The molecule has 0 unspecified atom stereocenters. The van der Waals surface area contributed by atoms with Gasteiger partial charge in [-0.2, -0.15) is 4.31 Å². The van der Waals surface area contributed by atoms with Crippen LogP contribution in [0.15, 0.2) is 53.7 Å². The molecule has 9 heteroatoms. The molecule has 1 N–H and O–H groups in total. The summed E-state index contributed by atoms with van der Waals surface area (Å²) in [5.41, 5.74) is 3.39. The first kappa shape index (κ1) is 21.5. The molecule has 1 saturated heterocycles. The Hall–Kier alpha value is -2.68. The van der Waals surface area contributed by atoms with Gasteiger partial charge in [-0.15, -0.1) is 0 Å². The van der Waals surface area contributed by atoms with Gasteiger partial charge in [0.25, 0.3) is 5.91 Å². The molecule has 1 aliphatic heterocycles. The summed E-state index contributed by atoms with van der Waals surface area (Å²) in [6.45, 7) is 4.74. The average Bonchev–Trinajstić information content (AvgIpc) is 3.39. The molecule has 4 rings (SSSR count). The lowest BCUT2D eigenvalue weighted by Crippen LogP contribution is -2.28. The maximum atomic E-state index is 13.0. The van der Waals surface area contributed by atoms with Crippen LogP contribution in [0.2, 0.25) is 5.02 Å². The van der Waals surface area contributed by atoms with Crippen molar-refractivity contribution >= 4 is 33.2 Å². The number of hydrogen-bond acceptors (Lipinski definition) is 4. The van der Waals surface area contributed by atoms with Gasteiger partial charge in [0, 0.05) is 36.4 Å². The molecule has 0 saturated carbocycles. The van der Waals surface area contributed by atoms with Gasteiger partial charge in [0.2, 0.25) is 10.0 Å². The molecular formula is C22H23ClN4O3S. The minimum atomic E-state index is -3.70. The summed E-state index contributed by atoms with van der Waals surface area (Å²) < 4.78 is 29.3. The summed E-state index contributed by atoms with van der Waals surface area (Å²) in [5.74, 6) is -0.324. The summed E-state index contributed by atoms with van der Waals surface area (Å²) in [6, 6.07) is 10.1. The molecule has 162 valence electrons. The smallest absolute Gasteiger partial charge is 0.257 e. The molecule has 0 atom stereocenters. The molecule has 3 aromatic rings. The average molecular weight is 459 g/mol. The van der Waals surface area contributed by atoms with Gasteiger partial charge in [0.15, 0.2) is 0 Å². The molecule has 0 aliphatic carbocycles. The van der Waals surface area contributed by atoms with Gasteiger partial charge >= 0.3 is 0 Å². The van der Waals surface area contributed by atoms with Crippen LogP contribution < -0.4 is 5.32 Å². The van der Waals surface area contributed by atoms with Crippen LogP contribution in [0.25, 0.3) is 5.69 Å². The fourth-order valence-corrected chi connectivity index (χ4v) is 5.94. The minimum Gasteiger partial charge on any atom is -0.322 e.